The second kappa shape index (κ2) is 8.25. The molecular weight excluding hydrogens is 380 g/mol. The monoisotopic (exact) mass is 400 g/mol. The Labute approximate surface area is 173 Å². The topological polar surface area (TPSA) is 65.7 Å². The lowest BCUT2D eigenvalue weighted by Crippen LogP contribution is -2.12. The van der Waals surface area contributed by atoms with Gasteiger partial charge in [0.05, 0.1) is 24.5 Å². The number of fused-ring (bicyclic) bond motifs is 1. The molecule has 0 unspecified atom stereocenters. The lowest BCUT2D eigenvalue weighted by molar-refractivity contribution is -0.133. The van der Waals surface area contributed by atoms with Crippen LogP contribution in [0.4, 0.5) is 0 Å². The van der Waals surface area contributed by atoms with Crippen molar-refractivity contribution < 1.29 is 18.7 Å². The Morgan fingerprint density at radius 2 is 1.70 bits per heavy atom. The van der Waals surface area contributed by atoms with Gasteiger partial charge in [-0.05, 0) is 30.7 Å². The number of para-hydroxylation sites is 1. The highest BCUT2D eigenvalue weighted by Gasteiger charge is 2.17. The molecule has 0 atom stereocenters. The standard InChI is InChI=1S/C25H20O5/c1-16-24(19-10-6-7-11-21(19)28-2)25(27)20-13-12-18(15-22(20)29-16)30-23(26)14-17-8-4-3-5-9-17/h3-13,15H,14H2,1-2H3. The van der Waals surface area contributed by atoms with Gasteiger partial charge < -0.3 is 13.9 Å². The van der Waals surface area contributed by atoms with Crippen LogP contribution in [0.2, 0.25) is 0 Å². The number of carbonyl (C=O) groups is 1. The van der Waals surface area contributed by atoms with E-state index in [0.717, 1.165) is 5.56 Å². The lowest BCUT2D eigenvalue weighted by Gasteiger charge is -2.11. The summed E-state index contributed by atoms with van der Waals surface area (Å²) in [6, 6.07) is 21.5. The predicted octanol–water partition coefficient (Wildman–Crippen LogP) is 4.93. The molecule has 0 bridgehead atoms. The minimum absolute atomic E-state index is 0.161. The Morgan fingerprint density at radius 3 is 2.47 bits per heavy atom. The normalized spacial score (nSPS) is 10.7. The van der Waals surface area contributed by atoms with Crippen LogP contribution in [0.1, 0.15) is 11.3 Å². The number of aryl methyl sites for hydroxylation is 1. The number of esters is 1. The number of hydrogen-bond acceptors (Lipinski definition) is 5. The summed E-state index contributed by atoms with van der Waals surface area (Å²) in [6.07, 6.45) is 0.161. The zero-order valence-corrected chi connectivity index (χ0v) is 16.7. The van der Waals surface area contributed by atoms with Crippen LogP contribution in [-0.4, -0.2) is 13.1 Å². The maximum absolute atomic E-state index is 13.2. The summed E-state index contributed by atoms with van der Waals surface area (Å²) in [6.45, 7) is 1.73. The Morgan fingerprint density at radius 1 is 0.967 bits per heavy atom. The Bertz CT molecular complexity index is 1270. The summed E-state index contributed by atoms with van der Waals surface area (Å²) in [5.74, 6) is 1.00. The maximum atomic E-state index is 13.2. The first-order valence-electron chi connectivity index (χ1n) is 9.52. The molecule has 5 nitrogen and oxygen atoms in total. The largest absolute Gasteiger partial charge is 0.496 e. The molecule has 1 heterocycles. The fourth-order valence-corrected chi connectivity index (χ4v) is 3.44. The molecule has 0 aliphatic carbocycles. The van der Waals surface area contributed by atoms with E-state index in [9.17, 15) is 9.59 Å². The third kappa shape index (κ3) is 3.82. The van der Waals surface area contributed by atoms with E-state index in [4.69, 9.17) is 13.9 Å². The van der Waals surface area contributed by atoms with Crippen LogP contribution in [0.3, 0.4) is 0 Å². The predicted molar refractivity (Wildman–Crippen MR) is 115 cm³/mol. The van der Waals surface area contributed by atoms with Gasteiger partial charge in [0.25, 0.3) is 0 Å². The summed E-state index contributed by atoms with van der Waals surface area (Å²) < 4.78 is 16.8. The molecule has 0 spiro atoms. The second-order valence-corrected chi connectivity index (χ2v) is 6.86. The van der Waals surface area contributed by atoms with Crippen molar-refractivity contribution in [3.05, 3.63) is 94.3 Å². The molecule has 0 aliphatic heterocycles. The van der Waals surface area contributed by atoms with E-state index in [1.54, 1.807) is 38.3 Å². The molecule has 4 rings (SSSR count). The molecule has 5 heteroatoms. The van der Waals surface area contributed by atoms with Gasteiger partial charge >= 0.3 is 5.97 Å². The van der Waals surface area contributed by atoms with Crippen molar-refractivity contribution in [2.24, 2.45) is 0 Å². The highest BCUT2D eigenvalue weighted by atomic mass is 16.5. The van der Waals surface area contributed by atoms with Crippen LogP contribution in [0.25, 0.3) is 22.1 Å². The van der Waals surface area contributed by atoms with Gasteiger partial charge in [-0.25, -0.2) is 0 Å². The van der Waals surface area contributed by atoms with Gasteiger partial charge in [0, 0.05) is 11.6 Å². The molecule has 3 aromatic carbocycles. The van der Waals surface area contributed by atoms with Gasteiger partial charge in [-0.1, -0.05) is 48.5 Å². The molecule has 0 aliphatic rings. The fourth-order valence-electron chi connectivity index (χ4n) is 3.44. The summed E-state index contributed by atoms with van der Waals surface area (Å²) in [5.41, 5.74) is 2.19. The molecule has 4 aromatic rings. The minimum atomic E-state index is -0.384. The summed E-state index contributed by atoms with van der Waals surface area (Å²) in [7, 11) is 1.56. The van der Waals surface area contributed by atoms with Crippen molar-refractivity contribution in [3.8, 4) is 22.6 Å². The van der Waals surface area contributed by atoms with Gasteiger partial charge in [0.15, 0.2) is 0 Å². The SMILES string of the molecule is COc1ccccc1-c1c(C)oc2cc(OC(=O)Cc3ccccc3)ccc2c1=O. The van der Waals surface area contributed by atoms with E-state index in [1.165, 1.54) is 0 Å². The van der Waals surface area contributed by atoms with Crippen LogP contribution in [0.15, 0.2) is 82.0 Å². The zero-order valence-electron chi connectivity index (χ0n) is 16.7. The number of benzene rings is 3. The Balaban J connectivity index is 1.68. The molecule has 0 amide bonds. The lowest BCUT2D eigenvalue weighted by atomic mass is 10.0. The highest BCUT2D eigenvalue weighted by Crippen LogP contribution is 2.32. The molecule has 1 aromatic heterocycles. The molecule has 0 fully saturated rings. The van der Waals surface area contributed by atoms with Gasteiger partial charge in [-0.2, -0.15) is 0 Å². The quantitative estimate of drug-likeness (QED) is 0.351. The molecule has 150 valence electrons. The van der Waals surface area contributed by atoms with E-state index in [0.29, 0.717) is 39.4 Å². The number of rotatable bonds is 5. The number of ether oxygens (including phenoxy) is 2. The third-order valence-corrected chi connectivity index (χ3v) is 4.84. The summed E-state index contributed by atoms with van der Waals surface area (Å²) in [4.78, 5) is 25.4. The first-order chi connectivity index (χ1) is 14.6. The van der Waals surface area contributed by atoms with E-state index >= 15 is 0 Å². The van der Waals surface area contributed by atoms with Crippen molar-refractivity contribution in [1.29, 1.82) is 0 Å². The van der Waals surface area contributed by atoms with E-state index in [2.05, 4.69) is 0 Å². The third-order valence-electron chi connectivity index (χ3n) is 4.84. The van der Waals surface area contributed by atoms with Crippen LogP contribution in [-0.2, 0) is 11.2 Å². The number of methoxy groups -OCH3 is 1. The van der Waals surface area contributed by atoms with E-state index in [-0.39, 0.29) is 17.8 Å². The average Bonchev–Trinajstić information content (AvgIpc) is 2.74. The van der Waals surface area contributed by atoms with Gasteiger partial charge in [0.2, 0.25) is 5.43 Å². The van der Waals surface area contributed by atoms with Crippen molar-refractivity contribution in [1.82, 2.24) is 0 Å². The van der Waals surface area contributed by atoms with Crippen molar-refractivity contribution in [2.45, 2.75) is 13.3 Å². The van der Waals surface area contributed by atoms with Crippen LogP contribution in [0, 0.1) is 6.92 Å². The van der Waals surface area contributed by atoms with Gasteiger partial charge in [0.1, 0.15) is 22.8 Å². The van der Waals surface area contributed by atoms with Crippen molar-refractivity contribution >= 4 is 16.9 Å². The maximum Gasteiger partial charge on any atom is 0.315 e. The van der Waals surface area contributed by atoms with Gasteiger partial charge in [-0.3, -0.25) is 9.59 Å². The summed E-state index contributed by atoms with van der Waals surface area (Å²) in [5, 5.41) is 0.407. The molecule has 30 heavy (non-hydrogen) atoms. The van der Waals surface area contributed by atoms with Crippen molar-refractivity contribution in [3.63, 3.8) is 0 Å². The molecule has 0 saturated carbocycles. The highest BCUT2D eigenvalue weighted by molar-refractivity contribution is 5.86. The molecule has 0 saturated heterocycles. The van der Waals surface area contributed by atoms with Crippen LogP contribution >= 0.6 is 0 Å². The van der Waals surface area contributed by atoms with Crippen molar-refractivity contribution in [2.75, 3.05) is 7.11 Å². The zero-order chi connectivity index (χ0) is 21.1. The molecule has 0 radical (unpaired) electrons. The Kier molecular flexibility index (Phi) is 5.35. The first-order valence-corrected chi connectivity index (χ1v) is 9.52. The molecule has 0 N–H and O–H groups in total. The van der Waals surface area contributed by atoms with Crippen LogP contribution < -0.4 is 14.9 Å². The van der Waals surface area contributed by atoms with Crippen LogP contribution in [0.5, 0.6) is 11.5 Å². The summed E-state index contributed by atoms with van der Waals surface area (Å²) >= 11 is 0. The smallest absolute Gasteiger partial charge is 0.315 e. The van der Waals surface area contributed by atoms with E-state index < -0.39 is 0 Å². The number of hydrogen-bond donors (Lipinski definition) is 0. The molecular formula is C25H20O5. The van der Waals surface area contributed by atoms with E-state index in [1.807, 2.05) is 48.5 Å². The van der Waals surface area contributed by atoms with Gasteiger partial charge in [-0.15, -0.1) is 0 Å². The Hall–Kier alpha value is -3.86. The fraction of sp³-hybridized carbons (Fsp3) is 0.120. The minimum Gasteiger partial charge on any atom is -0.496 e. The first kappa shape index (κ1) is 19.5. The number of carbonyl (C=O) groups excluding carboxylic acids is 1. The average molecular weight is 400 g/mol. The second-order valence-electron chi connectivity index (χ2n) is 6.86.